The number of rotatable bonds is 2. The highest BCUT2D eigenvalue weighted by molar-refractivity contribution is 5.84. The van der Waals surface area contributed by atoms with Crippen LogP contribution in [-0.2, 0) is 0 Å². The number of piperazine rings is 1. The first-order valence-electron chi connectivity index (χ1n) is 9.40. The van der Waals surface area contributed by atoms with Crippen molar-refractivity contribution in [1.29, 1.82) is 0 Å². The molecule has 0 radical (unpaired) electrons. The van der Waals surface area contributed by atoms with E-state index >= 15 is 0 Å². The Morgan fingerprint density at radius 2 is 1.71 bits per heavy atom. The maximum Gasteiger partial charge on any atom is 0.298 e. The van der Waals surface area contributed by atoms with Crippen molar-refractivity contribution in [2.75, 3.05) is 38.2 Å². The summed E-state index contributed by atoms with van der Waals surface area (Å²) in [6, 6.07) is 11.9. The second kappa shape index (κ2) is 6.42. The van der Waals surface area contributed by atoms with Crippen molar-refractivity contribution in [3.8, 4) is 11.1 Å². The molecule has 0 saturated carbocycles. The fourth-order valence-corrected chi connectivity index (χ4v) is 3.82. The Morgan fingerprint density at radius 3 is 2.46 bits per heavy atom. The van der Waals surface area contributed by atoms with Crippen molar-refractivity contribution < 1.29 is 0 Å². The molecule has 1 saturated heterocycles. The van der Waals surface area contributed by atoms with Gasteiger partial charge in [-0.3, -0.25) is 4.79 Å². The van der Waals surface area contributed by atoms with Gasteiger partial charge >= 0.3 is 0 Å². The summed E-state index contributed by atoms with van der Waals surface area (Å²) in [5.41, 5.74) is 4.34. The van der Waals surface area contributed by atoms with Crippen molar-refractivity contribution in [2.24, 2.45) is 0 Å². The van der Waals surface area contributed by atoms with Crippen LogP contribution in [0.3, 0.4) is 0 Å². The van der Waals surface area contributed by atoms with Crippen LogP contribution in [0.25, 0.3) is 27.8 Å². The molecule has 142 valence electrons. The van der Waals surface area contributed by atoms with Gasteiger partial charge in [0.25, 0.3) is 5.56 Å². The summed E-state index contributed by atoms with van der Waals surface area (Å²) >= 11 is 0. The van der Waals surface area contributed by atoms with Crippen LogP contribution in [0.15, 0.2) is 47.4 Å². The molecule has 8 heteroatoms. The summed E-state index contributed by atoms with van der Waals surface area (Å²) in [5, 5.41) is 15.4. The maximum absolute atomic E-state index is 13.1. The molecule has 8 nitrogen and oxygen atoms in total. The molecule has 1 aliphatic heterocycles. The van der Waals surface area contributed by atoms with Crippen LogP contribution in [0, 0.1) is 6.92 Å². The molecular weight excluding hydrogens is 354 g/mol. The quantitative estimate of drug-likeness (QED) is 0.526. The monoisotopic (exact) mass is 375 g/mol. The lowest BCUT2D eigenvalue weighted by atomic mass is 10.1. The molecule has 4 aromatic rings. The normalized spacial score (nSPS) is 15.6. The van der Waals surface area contributed by atoms with Crippen molar-refractivity contribution in [3.63, 3.8) is 0 Å². The summed E-state index contributed by atoms with van der Waals surface area (Å²) in [6.07, 6.45) is 1.82. The number of benzene rings is 1. The minimum Gasteiger partial charge on any atom is -0.307 e. The van der Waals surface area contributed by atoms with E-state index in [2.05, 4.69) is 32.3 Å². The van der Waals surface area contributed by atoms with E-state index in [0.29, 0.717) is 16.7 Å². The predicted molar refractivity (Wildman–Crippen MR) is 108 cm³/mol. The number of hydrogen-bond donors (Lipinski definition) is 0. The molecule has 0 bridgehead atoms. The highest BCUT2D eigenvalue weighted by atomic mass is 16.1. The van der Waals surface area contributed by atoms with E-state index in [1.54, 1.807) is 9.19 Å². The van der Waals surface area contributed by atoms with Crippen LogP contribution in [0.4, 0.5) is 0 Å². The number of aryl methyl sites for hydroxylation is 1. The highest BCUT2D eigenvalue weighted by Gasteiger charge is 2.20. The molecule has 3 aromatic heterocycles. The topological polar surface area (TPSA) is 71.6 Å². The lowest BCUT2D eigenvalue weighted by molar-refractivity contribution is 0.286. The molecule has 4 heterocycles. The molecule has 0 spiro atoms. The number of fused-ring (bicyclic) bond motifs is 3. The summed E-state index contributed by atoms with van der Waals surface area (Å²) in [4.78, 5) is 15.3. The van der Waals surface area contributed by atoms with Crippen LogP contribution in [0.1, 0.15) is 5.69 Å². The first-order chi connectivity index (χ1) is 13.6. The van der Waals surface area contributed by atoms with Crippen molar-refractivity contribution in [3.05, 3.63) is 58.6 Å². The van der Waals surface area contributed by atoms with Gasteiger partial charge in [-0.15, -0.1) is 10.2 Å². The minimum atomic E-state index is -0.161. The van der Waals surface area contributed by atoms with Crippen molar-refractivity contribution >= 4 is 16.7 Å². The third kappa shape index (κ3) is 2.56. The fraction of sp³-hybridized carbons (Fsp3) is 0.300. The van der Waals surface area contributed by atoms with Gasteiger partial charge in [-0.05, 0) is 25.6 Å². The third-order valence-electron chi connectivity index (χ3n) is 5.38. The molecule has 0 N–H and O–H groups in total. The van der Waals surface area contributed by atoms with E-state index in [1.165, 1.54) is 0 Å². The van der Waals surface area contributed by atoms with Crippen molar-refractivity contribution in [2.45, 2.75) is 6.92 Å². The smallest absolute Gasteiger partial charge is 0.298 e. The Bertz CT molecular complexity index is 1220. The standard InChI is InChI=1S/C20H21N7O/c1-14-17(15-6-4-3-5-7-15)19-22-21-18-16(27(19)23-14)8-9-26(20(18)28)25-12-10-24(2)11-13-25/h3-9H,10-13H2,1-2H3. The highest BCUT2D eigenvalue weighted by Crippen LogP contribution is 2.27. The molecule has 0 aliphatic carbocycles. The number of hydrogen-bond acceptors (Lipinski definition) is 6. The molecule has 1 aliphatic rings. The summed E-state index contributed by atoms with van der Waals surface area (Å²) in [6.45, 7) is 5.41. The largest absolute Gasteiger partial charge is 0.307 e. The third-order valence-corrected chi connectivity index (χ3v) is 5.38. The van der Waals surface area contributed by atoms with E-state index in [-0.39, 0.29) is 5.56 Å². The Balaban J connectivity index is 1.68. The van der Waals surface area contributed by atoms with Gasteiger partial charge in [0.15, 0.2) is 11.2 Å². The second-order valence-electron chi connectivity index (χ2n) is 7.22. The van der Waals surface area contributed by atoms with Gasteiger partial charge in [0.05, 0.1) is 11.3 Å². The minimum absolute atomic E-state index is 0.161. The molecular formula is C20H21N7O. The van der Waals surface area contributed by atoms with Gasteiger partial charge in [-0.1, -0.05) is 30.3 Å². The zero-order chi connectivity index (χ0) is 19.3. The molecule has 5 rings (SSSR count). The maximum atomic E-state index is 13.1. The van der Waals surface area contributed by atoms with E-state index in [1.807, 2.05) is 49.5 Å². The van der Waals surface area contributed by atoms with Gasteiger partial charge in [0, 0.05) is 32.4 Å². The van der Waals surface area contributed by atoms with Gasteiger partial charge < -0.3 is 9.91 Å². The number of aromatic nitrogens is 5. The first-order valence-corrected chi connectivity index (χ1v) is 9.40. The lowest BCUT2D eigenvalue weighted by Crippen LogP contribution is -2.53. The van der Waals surface area contributed by atoms with Crippen LogP contribution in [0.2, 0.25) is 0 Å². The summed E-state index contributed by atoms with van der Waals surface area (Å²) < 4.78 is 3.39. The average Bonchev–Trinajstić information content (AvgIpc) is 3.06. The van der Waals surface area contributed by atoms with E-state index in [0.717, 1.165) is 43.0 Å². The van der Waals surface area contributed by atoms with E-state index in [9.17, 15) is 4.79 Å². The van der Waals surface area contributed by atoms with Crippen LogP contribution in [-0.4, -0.2) is 62.6 Å². The van der Waals surface area contributed by atoms with Gasteiger partial charge in [0.1, 0.15) is 5.52 Å². The predicted octanol–water partition coefficient (Wildman–Crippen LogP) is 1.30. The number of nitrogens with zero attached hydrogens (tertiary/aromatic N) is 7. The molecule has 1 aromatic carbocycles. The Morgan fingerprint density at radius 1 is 0.964 bits per heavy atom. The molecule has 0 amide bonds. The SMILES string of the molecule is Cc1nn2c(nnc3c(=O)n(N4CCN(C)CC4)ccc32)c1-c1ccccc1. The van der Waals surface area contributed by atoms with Crippen molar-refractivity contribution in [1.82, 2.24) is 29.4 Å². The molecule has 0 unspecified atom stereocenters. The summed E-state index contributed by atoms with van der Waals surface area (Å²) in [7, 11) is 2.09. The average molecular weight is 375 g/mol. The van der Waals surface area contributed by atoms with Crippen LogP contribution in [0.5, 0.6) is 0 Å². The Labute approximate surface area is 161 Å². The van der Waals surface area contributed by atoms with Crippen LogP contribution >= 0.6 is 0 Å². The summed E-state index contributed by atoms with van der Waals surface area (Å²) in [5.74, 6) is 0. The van der Waals surface area contributed by atoms with Gasteiger partial charge in [-0.2, -0.15) is 5.10 Å². The molecule has 1 fully saturated rings. The zero-order valence-electron chi connectivity index (χ0n) is 15.9. The van der Waals surface area contributed by atoms with Crippen LogP contribution < -0.4 is 10.6 Å². The zero-order valence-corrected chi connectivity index (χ0v) is 15.9. The first kappa shape index (κ1) is 16.9. The Kier molecular flexibility index (Phi) is 3.87. The van der Waals surface area contributed by atoms with E-state index in [4.69, 9.17) is 0 Å². The lowest BCUT2D eigenvalue weighted by Gasteiger charge is -2.34. The molecule has 0 atom stereocenters. The number of likely N-dealkylation sites (N-methyl/N-ethyl adjacent to an activating group) is 1. The second-order valence-corrected chi connectivity index (χ2v) is 7.22. The number of pyridine rings is 1. The fourth-order valence-electron chi connectivity index (χ4n) is 3.82. The van der Waals surface area contributed by atoms with Gasteiger partial charge in [0.2, 0.25) is 0 Å². The van der Waals surface area contributed by atoms with E-state index < -0.39 is 0 Å². The van der Waals surface area contributed by atoms with Gasteiger partial charge in [-0.25, -0.2) is 9.19 Å². The molecule has 28 heavy (non-hydrogen) atoms. The Hall–Kier alpha value is -3.26.